The van der Waals surface area contributed by atoms with Crippen LogP contribution in [0.25, 0.3) is 0 Å². The van der Waals surface area contributed by atoms with Crippen LogP contribution in [0.4, 0.5) is 0 Å². The molecular formula is C15H21NO6S. The van der Waals surface area contributed by atoms with Crippen molar-refractivity contribution in [3.8, 4) is 17.2 Å². The van der Waals surface area contributed by atoms with Crippen LogP contribution in [0.5, 0.6) is 17.2 Å². The molecule has 0 saturated carbocycles. The summed E-state index contributed by atoms with van der Waals surface area (Å²) in [5, 5.41) is 0. The van der Waals surface area contributed by atoms with E-state index < -0.39 is 9.84 Å². The van der Waals surface area contributed by atoms with Crippen LogP contribution in [0.1, 0.15) is 16.8 Å². The summed E-state index contributed by atoms with van der Waals surface area (Å²) in [7, 11) is 2.98. The second-order valence-electron chi connectivity index (χ2n) is 5.39. The van der Waals surface area contributed by atoms with E-state index in [-0.39, 0.29) is 23.5 Å². The molecule has 0 aliphatic carbocycles. The van der Waals surface area contributed by atoms with Crippen molar-refractivity contribution >= 4 is 15.7 Å². The van der Waals surface area contributed by atoms with E-state index in [1.165, 1.54) is 26.2 Å². The SMILES string of the molecule is COc1cc(C(=O)N(C)[C@@H]2CCS(=O)(=O)C2)cc(OC)c1OC. The van der Waals surface area contributed by atoms with Crippen LogP contribution in [-0.4, -0.2) is 65.1 Å². The van der Waals surface area contributed by atoms with Gasteiger partial charge in [0, 0.05) is 18.7 Å². The number of carbonyl (C=O) groups is 1. The summed E-state index contributed by atoms with van der Waals surface area (Å²) in [4.78, 5) is 14.1. The van der Waals surface area contributed by atoms with Gasteiger partial charge in [0.2, 0.25) is 5.75 Å². The first-order valence-electron chi connectivity index (χ1n) is 7.10. The van der Waals surface area contributed by atoms with Gasteiger partial charge in [0.1, 0.15) is 0 Å². The minimum absolute atomic E-state index is 0.000333. The number of carbonyl (C=O) groups excluding carboxylic acids is 1. The molecule has 0 radical (unpaired) electrons. The highest BCUT2D eigenvalue weighted by Crippen LogP contribution is 2.38. The van der Waals surface area contributed by atoms with Gasteiger partial charge in [-0.15, -0.1) is 0 Å². The van der Waals surface area contributed by atoms with Crippen molar-refractivity contribution in [2.45, 2.75) is 12.5 Å². The van der Waals surface area contributed by atoms with E-state index >= 15 is 0 Å². The fraction of sp³-hybridized carbons (Fsp3) is 0.533. The summed E-state index contributed by atoms with van der Waals surface area (Å²) in [6.45, 7) is 0. The van der Waals surface area contributed by atoms with E-state index in [1.807, 2.05) is 0 Å². The summed E-state index contributed by atoms with van der Waals surface area (Å²) in [6, 6.07) is 2.80. The average Bonchev–Trinajstić information content (AvgIpc) is 2.91. The number of hydrogen-bond donors (Lipinski definition) is 0. The predicted molar refractivity (Wildman–Crippen MR) is 85.3 cm³/mol. The van der Waals surface area contributed by atoms with Gasteiger partial charge in [0.05, 0.1) is 32.8 Å². The summed E-state index contributed by atoms with van der Waals surface area (Å²) in [5.41, 5.74) is 0.353. The van der Waals surface area contributed by atoms with Gasteiger partial charge in [0.25, 0.3) is 5.91 Å². The summed E-state index contributed by atoms with van der Waals surface area (Å²) >= 11 is 0. The molecule has 1 heterocycles. The number of rotatable bonds is 5. The first-order chi connectivity index (χ1) is 10.8. The number of hydrogen-bond acceptors (Lipinski definition) is 6. The van der Waals surface area contributed by atoms with Crippen molar-refractivity contribution in [3.63, 3.8) is 0 Å². The normalized spacial score (nSPS) is 19.2. The Hall–Kier alpha value is -1.96. The van der Waals surface area contributed by atoms with Crippen LogP contribution in [0.3, 0.4) is 0 Å². The summed E-state index contributed by atoms with van der Waals surface area (Å²) in [6.07, 6.45) is 0.453. The van der Waals surface area contributed by atoms with E-state index in [1.54, 1.807) is 19.2 Å². The predicted octanol–water partition coefficient (Wildman–Crippen LogP) is 0.972. The molecular weight excluding hydrogens is 322 g/mol. The zero-order valence-corrected chi connectivity index (χ0v) is 14.5. The molecule has 1 aliphatic rings. The number of benzene rings is 1. The Morgan fingerprint density at radius 1 is 1.13 bits per heavy atom. The quantitative estimate of drug-likeness (QED) is 0.792. The Morgan fingerprint density at radius 2 is 1.70 bits per heavy atom. The number of amides is 1. The van der Waals surface area contributed by atoms with Gasteiger partial charge in [-0.2, -0.15) is 0 Å². The van der Waals surface area contributed by atoms with Crippen molar-refractivity contribution in [2.24, 2.45) is 0 Å². The van der Waals surface area contributed by atoms with Crippen LogP contribution >= 0.6 is 0 Å². The van der Waals surface area contributed by atoms with E-state index in [9.17, 15) is 13.2 Å². The third-order valence-electron chi connectivity index (χ3n) is 3.99. The second kappa shape index (κ2) is 6.66. The molecule has 0 unspecified atom stereocenters. The van der Waals surface area contributed by atoms with Gasteiger partial charge in [-0.3, -0.25) is 4.79 Å². The minimum Gasteiger partial charge on any atom is -0.493 e. The highest BCUT2D eigenvalue weighted by Gasteiger charge is 2.33. The molecule has 23 heavy (non-hydrogen) atoms. The molecule has 1 saturated heterocycles. The lowest BCUT2D eigenvalue weighted by Gasteiger charge is -2.24. The lowest BCUT2D eigenvalue weighted by molar-refractivity contribution is 0.0747. The van der Waals surface area contributed by atoms with Gasteiger partial charge < -0.3 is 19.1 Å². The monoisotopic (exact) mass is 343 g/mol. The topological polar surface area (TPSA) is 82.1 Å². The van der Waals surface area contributed by atoms with Gasteiger partial charge in [-0.05, 0) is 18.6 Å². The molecule has 7 nitrogen and oxygen atoms in total. The molecule has 0 bridgehead atoms. The van der Waals surface area contributed by atoms with E-state index in [0.717, 1.165) is 0 Å². The molecule has 2 rings (SSSR count). The van der Waals surface area contributed by atoms with Crippen molar-refractivity contribution in [3.05, 3.63) is 17.7 Å². The molecule has 1 aromatic rings. The van der Waals surface area contributed by atoms with Crippen LogP contribution in [0, 0.1) is 0 Å². The van der Waals surface area contributed by atoms with Gasteiger partial charge >= 0.3 is 0 Å². The standard InChI is InChI=1S/C15H21NO6S/c1-16(11-5-6-23(18,19)9-11)15(17)10-7-12(20-2)14(22-4)13(8-10)21-3/h7-8,11H,5-6,9H2,1-4H3/t11-/m1/s1. The molecule has 1 atom stereocenters. The Balaban J connectivity index is 2.32. The molecule has 1 aromatic carbocycles. The molecule has 0 N–H and O–H groups in total. The van der Waals surface area contributed by atoms with Crippen LogP contribution in [-0.2, 0) is 9.84 Å². The van der Waals surface area contributed by atoms with E-state index in [0.29, 0.717) is 29.2 Å². The minimum atomic E-state index is -3.06. The number of ether oxygens (including phenoxy) is 3. The van der Waals surface area contributed by atoms with Crippen LogP contribution < -0.4 is 14.2 Å². The van der Waals surface area contributed by atoms with Crippen molar-refractivity contribution in [1.29, 1.82) is 0 Å². The molecule has 128 valence electrons. The lowest BCUT2D eigenvalue weighted by atomic mass is 10.1. The van der Waals surface area contributed by atoms with E-state index in [2.05, 4.69) is 0 Å². The lowest BCUT2D eigenvalue weighted by Crippen LogP contribution is -2.37. The highest BCUT2D eigenvalue weighted by molar-refractivity contribution is 7.91. The maximum absolute atomic E-state index is 12.7. The second-order valence-corrected chi connectivity index (χ2v) is 7.62. The van der Waals surface area contributed by atoms with Crippen molar-refractivity contribution in [1.82, 2.24) is 4.90 Å². The smallest absolute Gasteiger partial charge is 0.254 e. The van der Waals surface area contributed by atoms with Gasteiger partial charge in [-0.1, -0.05) is 0 Å². The van der Waals surface area contributed by atoms with Crippen LogP contribution in [0.2, 0.25) is 0 Å². The average molecular weight is 343 g/mol. The number of nitrogens with zero attached hydrogens (tertiary/aromatic N) is 1. The zero-order valence-electron chi connectivity index (χ0n) is 13.7. The fourth-order valence-electron chi connectivity index (χ4n) is 2.65. The van der Waals surface area contributed by atoms with Gasteiger partial charge in [0.15, 0.2) is 21.3 Å². The van der Waals surface area contributed by atoms with Crippen molar-refractivity contribution < 1.29 is 27.4 Å². The van der Waals surface area contributed by atoms with E-state index in [4.69, 9.17) is 14.2 Å². The number of sulfone groups is 1. The first kappa shape index (κ1) is 17.4. The molecule has 0 aromatic heterocycles. The van der Waals surface area contributed by atoms with Crippen LogP contribution in [0.15, 0.2) is 12.1 Å². The Bertz CT molecular complexity index is 675. The fourth-order valence-corrected chi connectivity index (χ4v) is 4.43. The third-order valence-corrected chi connectivity index (χ3v) is 5.74. The summed E-state index contributed by atoms with van der Waals surface area (Å²) < 4.78 is 38.9. The van der Waals surface area contributed by atoms with Crippen molar-refractivity contribution in [2.75, 3.05) is 39.9 Å². The number of methoxy groups -OCH3 is 3. The first-order valence-corrected chi connectivity index (χ1v) is 8.92. The molecule has 1 aliphatic heterocycles. The molecule has 1 fully saturated rings. The third kappa shape index (κ3) is 3.52. The maximum Gasteiger partial charge on any atom is 0.254 e. The Morgan fingerprint density at radius 3 is 2.09 bits per heavy atom. The summed E-state index contributed by atoms with van der Waals surface area (Å²) in [5.74, 6) is 0.985. The Kier molecular flexibility index (Phi) is 5.03. The molecule has 0 spiro atoms. The van der Waals surface area contributed by atoms with Gasteiger partial charge in [-0.25, -0.2) is 8.42 Å². The Labute approximate surface area is 136 Å². The highest BCUT2D eigenvalue weighted by atomic mass is 32.2. The molecule has 8 heteroatoms. The molecule has 1 amide bonds. The largest absolute Gasteiger partial charge is 0.493 e. The zero-order chi connectivity index (χ0) is 17.2. The maximum atomic E-state index is 12.7.